The average Bonchev–Trinajstić information content (AvgIpc) is 3.33. The van der Waals surface area contributed by atoms with Gasteiger partial charge in [0.05, 0.1) is 22.8 Å². The Balaban J connectivity index is 1.42. The van der Waals surface area contributed by atoms with E-state index in [1.165, 1.54) is 31.2 Å². The molecule has 1 aliphatic rings. The molecular formula is C34H24ClF3N2O4S. The van der Waals surface area contributed by atoms with Crippen LogP contribution >= 0.6 is 22.9 Å². The second-order valence-electron chi connectivity index (χ2n) is 10.1. The number of carbonyl (C=O) groups is 1. The van der Waals surface area contributed by atoms with Gasteiger partial charge in [0.1, 0.15) is 12.4 Å². The van der Waals surface area contributed by atoms with Crippen LogP contribution in [0, 0.1) is 0 Å². The van der Waals surface area contributed by atoms with Gasteiger partial charge in [0.25, 0.3) is 5.56 Å². The first-order valence-electron chi connectivity index (χ1n) is 13.9. The number of halogens is 4. The Hall–Kier alpha value is -4.67. The number of rotatable bonds is 7. The quantitative estimate of drug-likeness (QED) is 0.184. The van der Waals surface area contributed by atoms with Crippen LogP contribution in [0.4, 0.5) is 13.2 Å². The maximum Gasteiger partial charge on any atom is 0.434 e. The molecule has 2 heterocycles. The highest BCUT2D eigenvalue weighted by atomic mass is 35.5. The summed E-state index contributed by atoms with van der Waals surface area (Å²) in [5.41, 5.74) is -0.933. The molecule has 45 heavy (non-hydrogen) atoms. The highest BCUT2D eigenvalue weighted by Gasteiger charge is 2.45. The molecule has 6 nitrogen and oxygen atoms in total. The number of nitrogens with zero attached hydrogens (tertiary/aromatic N) is 2. The van der Waals surface area contributed by atoms with Crippen LogP contribution in [0.5, 0.6) is 5.75 Å². The molecule has 228 valence electrons. The smallest absolute Gasteiger partial charge is 0.434 e. The minimum absolute atomic E-state index is 0.130. The molecule has 0 saturated carbocycles. The molecule has 0 saturated heterocycles. The highest BCUT2D eigenvalue weighted by Crippen LogP contribution is 2.38. The fourth-order valence-corrected chi connectivity index (χ4v) is 6.35. The van der Waals surface area contributed by atoms with Crippen LogP contribution < -0.4 is 19.6 Å². The standard InChI is InChI=1S/C34H24ClF3N2O4S/c1-2-43-32(42)28-29(22-13-15-24(35)16-14-22)40-31(41)27(45-33(40)39-30(28)34(36,37)38)18-20-7-5-11-25(17-20)44-19-23-10-6-9-21-8-3-4-12-26(21)23/h3-18,29H,2,19H2,1H3/b27-18-/t29-/m0/s1. The van der Waals surface area contributed by atoms with Gasteiger partial charge in [-0.15, -0.1) is 0 Å². The number of allylic oxidation sites excluding steroid dienone is 1. The van der Waals surface area contributed by atoms with Gasteiger partial charge < -0.3 is 9.47 Å². The van der Waals surface area contributed by atoms with Crippen molar-refractivity contribution >= 4 is 45.8 Å². The Morgan fingerprint density at radius 1 is 1.02 bits per heavy atom. The van der Waals surface area contributed by atoms with Crippen molar-refractivity contribution in [2.45, 2.75) is 25.7 Å². The lowest BCUT2D eigenvalue weighted by atomic mass is 9.95. The predicted octanol–water partition coefficient (Wildman–Crippen LogP) is 6.73. The van der Waals surface area contributed by atoms with Crippen molar-refractivity contribution in [1.29, 1.82) is 0 Å². The molecule has 0 fully saturated rings. The first kappa shape index (κ1) is 30.4. The lowest BCUT2D eigenvalue weighted by Gasteiger charge is -2.26. The summed E-state index contributed by atoms with van der Waals surface area (Å²) in [6.07, 6.45) is -3.42. The number of fused-ring (bicyclic) bond motifs is 2. The molecular weight excluding hydrogens is 625 g/mol. The Morgan fingerprint density at radius 3 is 2.51 bits per heavy atom. The Labute approximate surface area is 263 Å². The van der Waals surface area contributed by atoms with E-state index in [0.29, 0.717) is 22.9 Å². The number of hydrogen-bond acceptors (Lipinski definition) is 6. The number of aromatic nitrogens is 1. The summed E-state index contributed by atoms with van der Waals surface area (Å²) in [5, 5.41) is 2.51. The van der Waals surface area contributed by atoms with Crippen molar-refractivity contribution in [3.05, 3.63) is 144 Å². The van der Waals surface area contributed by atoms with E-state index in [1.54, 1.807) is 30.3 Å². The van der Waals surface area contributed by atoms with Crippen LogP contribution in [0.3, 0.4) is 0 Å². The summed E-state index contributed by atoms with van der Waals surface area (Å²) < 4.78 is 55.3. The van der Waals surface area contributed by atoms with Gasteiger partial charge in [0, 0.05) is 5.02 Å². The maximum atomic E-state index is 14.3. The van der Waals surface area contributed by atoms with Crippen molar-refractivity contribution in [3.63, 3.8) is 0 Å². The molecule has 6 rings (SSSR count). The Kier molecular flexibility index (Phi) is 8.35. The van der Waals surface area contributed by atoms with Crippen molar-refractivity contribution in [3.8, 4) is 5.75 Å². The summed E-state index contributed by atoms with van der Waals surface area (Å²) >= 11 is 6.84. The summed E-state index contributed by atoms with van der Waals surface area (Å²) in [4.78, 5) is 30.4. The van der Waals surface area contributed by atoms with E-state index < -0.39 is 35.0 Å². The zero-order valence-electron chi connectivity index (χ0n) is 23.7. The van der Waals surface area contributed by atoms with Crippen molar-refractivity contribution in [1.82, 2.24) is 4.57 Å². The molecule has 0 aliphatic carbocycles. The third-order valence-corrected chi connectivity index (χ3v) is 8.45. The Bertz CT molecular complexity index is 2130. The van der Waals surface area contributed by atoms with Gasteiger partial charge in [0.15, 0.2) is 10.5 Å². The SMILES string of the molecule is CCOC(=O)C1=C(C(F)(F)F)N=c2s/c(=C\c3cccc(OCc4cccc5ccccc45)c3)c(=O)n2[C@H]1c1ccc(Cl)cc1. The van der Waals surface area contributed by atoms with Gasteiger partial charge in [-0.25, -0.2) is 9.79 Å². The summed E-state index contributed by atoms with van der Waals surface area (Å²) in [7, 11) is 0. The molecule has 0 spiro atoms. The van der Waals surface area contributed by atoms with Gasteiger partial charge in [0.2, 0.25) is 0 Å². The molecule has 0 amide bonds. The number of thiazole rings is 1. The van der Waals surface area contributed by atoms with E-state index >= 15 is 0 Å². The molecule has 11 heteroatoms. The summed E-state index contributed by atoms with van der Waals surface area (Å²) in [6, 6.07) is 25.5. The highest BCUT2D eigenvalue weighted by molar-refractivity contribution is 7.07. The van der Waals surface area contributed by atoms with Gasteiger partial charge in [-0.2, -0.15) is 13.2 Å². The number of benzene rings is 4. The normalized spacial score (nSPS) is 15.1. The largest absolute Gasteiger partial charge is 0.489 e. The van der Waals surface area contributed by atoms with Crippen LogP contribution in [0.25, 0.3) is 16.8 Å². The molecule has 1 aromatic heterocycles. The Morgan fingerprint density at radius 2 is 1.76 bits per heavy atom. The average molecular weight is 649 g/mol. The maximum absolute atomic E-state index is 14.3. The molecule has 0 N–H and O–H groups in total. The lowest BCUT2D eigenvalue weighted by Crippen LogP contribution is -2.41. The van der Waals surface area contributed by atoms with Crippen LogP contribution in [0.1, 0.15) is 29.7 Å². The molecule has 5 aromatic rings. The predicted molar refractivity (Wildman–Crippen MR) is 167 cm³/mol. The fraction of sp³-hybridized carbons (Fsp3) is 0.147. The minimum atomic E-state index is -4.99. The van der Waals surface area contributed by atoms with Gasteiger partial charge in [-0.3, -0.25) is 9.36 Å². The van der Waals surface area contributed by atoms with Crippen LogP contribution in [-0.2, 0) is 16.1 Å². The van der Waals surface area contributed by atoms with Crippen molar-refractivity contribution < 1.29 is 27.4 Å². The zero-order valence-corrected chi connectivity index (χ0v) is 25.2. The number of esters is 1. The van der Waals surface area contributed by atoms with E-state index in [4.69, 9.17) is 21.1 Å². The molecule has 0 radical (unpaired) electrons. The number of hydrogen-bond donors (Lipinski definition) is 0. The van der Waals surface area contributed by atoms with Crippen molar-refractivity contribution in [2.75, 3.05) is 6.61 Å². The molecule has 1 atom stereocenters. The van der Waals surface area contributed by atoms with Gasteiger partial charge in [-0.1, -0.05) is 89.7 Å². The fourth-order valence-electron chi connectivity index (χ4n) is 5.23. The molecule has 0 unspecified atom stereocenters. The van der Waals surface area contributed by atoms with Crippen molar-refractivity contribution in [2.24, 2.45) is 4.99 Å². The van der Waals surface area contributed by atoms with Gasteiger partial charge in [-0.05, 0) is 64.7 Å². The number of ether oxygens (including phenoxy) is 2. The summed E-state index contributed by atoms with van der Waals surface area (Å²) in [6.45, 7) is 1.63. The van der Waals surface area contributed by atoms with Crippen LogP contribution in [0.2, 0.25) is 5.02 Å². The first-order chi connectivity index (χ1) is 21.6. The van der Waals surface area contributed by atoms with E-state index in [-0.39, 0.29) is 21.5 Å². The van der Waals surface area contributed by atoms with E-state index in [9.17, 15) is 22.8 Å². The summed E-state index contributed by atoms with van der Waals surface area (Å²) in [5.74, 6) is -0.661. The third-order valence-electron chi connectivity index (χ3n) is 7.21. The molecule has 1 aliphatic heterocycles. The zero-order chi connectivity index (χ0) is 31.7. The lowest BCUT2D eigenvalue weighted by molar-refractivity contribution is -0.140. The second-order valence-corrected chi connectivity index (χ2v) is 11.6. The minimum Gasteiger partial charge on any atom is -0.489 e. The first-order valence-corrected chi connectivity index (χ1v) is 15.1. The van der Waals surface area contributed by atoms with Gasteiger partial charge >= 0.3 is 12.1 Å². The van der Waals surface area contributed by atoms with E-state index in [2.05, 4.69) is 4.99 Å². The second kappa shape index (κ2) is 12.4. The number of carbonyl (C=O) groups excluding carboxylic acids is 1. The van der Waals surface area contributed by atoms with Crippen LogP contribution in [0.15, 0.2) is 112 Å². The monoisotopic (exact) mass is 648 g/mol. The number of alkyl halides is 3. The third kappa shape index (κ3) is 6.16. The van der Waals surface area contributed by atoms with E-state index in [0.717, 1.165) is 32.2 Å². The molecule has 0 bridgehead atoms. The molecule has 4 aromatic carbocycles. The van der Waals surface area contributed by atoms with E-state index in [1.807, 2.05) is 42.5 Å². The topological polar surface area (TPSA) is 69.9 Å². The van der Waals surface area contributed by atoms with Crippen LogP contribution in [-0.4, -0.2) is 23.3 Å².